The predicted octanol–water partition coefficient (Wildman–Crippen LogP) is 2.69. The zero-order valence-electron chi connectivity index (χ0n) is 14.4. The van der Waals surface area contributed by atoms with Crippen molar-refractivity contribution in [2.75, 3.05) is 7.05 Å². The number of aromatic nitrogens is 2. The Kier molecular flexibility index (Phi) is 5.02. The highest BCUT2D eigenvalue weighted by atomic mass is 16.2. The third-order valence-electron chi connectivity index (χ3n) is 4.63. The fraction of sp³-hybridized carbons (Fsp3) is 0.389. The minimum Gasteiger partial charge on any atom is -0.370 e. The molecule has 0 radical (unpaired) electrons. The molecule has 25 heavy (non-hydrogen) atoms. The lowest BCUT2D eigenvalue weighted by Gasteiger charge is -2.31. The average Bonchev–Trinajstić information content (AvgIpc) is 3.11. The van der Waals surface area contributed by atoms with Gasteiger partial charge in [-0.3, -0.25) is 4.57 Å². The summed E-state index contributed by atoms with van der Waals surface area (Å²) in [5, 5.41) is 0. The van der Waals surface area contributed by atoms with Crippen LogP contribution < -0.4 is 11.5 Å². The van der Waals surface area contributed by atoms with Crippen molar-refractivity contribution >= 4 is 17.7 Å². The molecule has 0 aliphatic heterocycles. The molecule has 0 spiro atoms. The van der Waals surface area contributed by atoms with Gasteiger partial charge in [0.25, 0.3) is 0 Å². The highest BCUT2D eigenvalue weighted by Crippen LogP contribution is 2.24. The summed E-state index contributed by atoms with van der Waals surface area (Å²) in [6.07, 6.45) is 9.10. The summed E-state index contributed by atoms with van der Waals surface area (Å²) in [5.74, 6) is 0.00645. The highest BCUT2D eigenvalue weighted by molar-refractivity contribution is 5.80. The van der Waals surface area contributed by atoms with Crippen LogP contribution in [0.2, 0.25) is 0 Å². The second-order valence-corrected chi connectivity index (χ2v) is 6.44. The van der Waals surface area contributed by atoms with Crippen LogP contribution in [0.15, 0.2) is 41.8 Å². The molecule has 1 saturated carbocycles. The fourth-order valence-corrected chi connectivity index (χ4v) is 3.27. The van der Waals surface area contributed by atoms with Crippen molar-refractivity contribution in [3.63, 3.8) is 0 Å². The topological polar surface area (TPSA) is 103 Å². The first-order valence-corrected chi connectivity index (χ1v) is 8.56. The molecule has 1 aliphatic rings. The maximum atomic E-state index is 12.7. The summed E-state index contributed by atoms with van der Waals surface area (Å²) in [6.45, 7) is 0. The van der Waals surface area contributed by atoms with Gasteiger partial charge >= 0.3 is 6.03 Å². The van der Waals surface area contributed by atoms with E-state index in [1.165, 1.54) is 23.8 Å². The van der Waals surface area contributed by atoms with Crippen molar-refractivity contribution in [1.82, 2.24) is 14.5 Å². The largest absolute Gasteiger partial charge is 0.370 e. The smallest absolute Gasteiger partial charge is 0.329 e. The summed E-state index contributed by atoms with van der Waals surface area (Å²) in [6, 6.07) is 7.67. The molecular formula is C18H24N6O. The average molecular weight is 340 g/mol. The van der Waals surface area contributed by atoms with E-state index in [9.17, 15) is 4.79 Å². The molecule has 0 bridgehead atoms. The molecule has 7 heteroatoms. The molecule has 0 saturated heterocycles. The van der Waals surface area contributed by atoms with Gasteiger partial charge in [0.05, 0.1) is 11.4 Å². The third kappa shape index (κ3) is 3.99. The molecule has 0 atom stereocenters. The molecule has 3 rings (SSSR count). The maximum Gasteiger partial charge on any atom is 0.329 e. The number of imidazole rings is 1. The van der Waals surface area contributed by atoms with Crippen molar-refractivity contribution in [2.45, 2.75) is 38.1 Å². The molecule has 1 fully saturated rings. The number of rotatable bonds is 3. The second-order valence-electron chi connectivity index (χ2n) is 6.44. The van der Waals surface area contributed by atoms with E-state index in [-0.39, 0.29) is 12.0 Å². The number of guanidine groups is 1. The Morgan fingerprint density at radius 2 is 2.04 bits per heavy atom. The number of hydrogen-bond acceptors (Lipinski definition) is 3. The lowest BCUT2D eigenvalue weighted by molar-refractivity contribution is 0.175. The number of carbonyl (C=O) groups excluding carboxylic acids is 1. The van der Waals surface area contributed by atoms with Gasteiger partial charge < -0.3 is 16.4 Å². The van der Waals surface area contributed by atoms with Gasteiger partial charge in [-0.05, 0) is 25.0 Å². The third-order valence-corrected chi connectivity index (χ3v) is 4.63. The molecule has 4 N–H and O–H groups in total. The molecule has 1 aromatic heterocycles. The van der Waals surface area contributed by atoms with Crippen molar-refractivity contribution in [3.8, 4) is 11.3 Å². The standard InChI is InChI=1S/C18H24N6O/c1-23(15-8-3-2-4-9-15)18(25)24-11-16(21-12-24)13-6-5-7-14(10-13)22-17(19)20/h5-7,10-12,15H,2-4,8-9H2,1H3,(H4,19,20,22). The number of nitrogens with two attached hydrogens (primary N) is 2. The lowest BCUT2D eigenvalue weighted by Crippen LogP contribution is -2.40. The molecule has 1 heterocycles. The quantitative estimate of drug-likeness (QED) is 0.662. The number of nitrogens with zero attached hydrogens (tertiary/aromatic N) is 4. The van der Waals surface area contributed by atoms with Crippen LogP contribution in [-0.4, -0.2) is 39.5 Å². The zero-order valence-corrected chi connectivity index (χ0v) is 14.4. The summed E-state index contributed by atoms with van der Waals surface area (Å²) < 4.78 is 1.54. The monoisotopic (exact) mass is 340 g/mol. The summed E-state index contributed by atoms with van der Waals surface area (Å²) in [7, 11) is 1.87. The molecule has 132 valence electrons. The Hall–Kier alpha value is -2.83. The van der Waals surface area contributed by atoms with Gasteiger partial charge in [0.15, 0.2) is 5.96 Å². The van der Waals surface area contributed by atoms with E-state index < -0.39 is 0 Å². The number of amides is 1. The SMILES string of the molecule is CN(C(=O)n1cnc(-c2cccc(N=C(N)N)c2)c1)C1CCCCC1. The molecule has 1 aliphatic carbocycles. The molecule has 1 amide bonds. The predicted molar refractivity (Wildman–Crippen MR) is 98.6 cm³/mol. The van der Waals surface area contributed by atoms with E-state index in [0.29, 0.717) is 17.4 Å². The van der Waals surface area contributed by atoms with Crippen LogP contribution in [0, 0.1) is 0 Å². The van der Waals surface area contributed by atoms with Gasteiger partial charge in [-0.1, -0.05) is 31.4 Å². The van der Waals surface area contributed by atoms with Crippen molar-refractivity contribution < 1.29 is 4.79 Å². The number of carbonyl (C=O) groups is 1. The van der Waals surface area contributed by atoms with Crippen LogP contribution in [-0.2, 0) is 0 Å². The van der Waals surface area contributed by atoms with Crippen molar-refractivity contribution in [3.05, 3.63) is 36.8 Å². The molecular weight excluding hydrogens is 316 g/mol. The lowest BCUT2D eigenvalue weighted by atomic mass is 9.95. The van der Waals surface area contributed by atoms with Gasteiger partial charge in [-0.15, -0.1) is 0 Å². The van der Waals surface area contributed by atoms with E-state index in [1.807, 2.05) is 36.2 Å². The highest BCUT2D eigenvalue weighted by Gasteiger charge is 2.23. The Bertz CT molecular complexity index is 771. The Balaban J connectivity index is 1.78. The van der Waals surface area contributed by atoms with Crippen molar-refractivity contribution in [1.29, 1.82) is 0 Å². The second kappa shape index (κ2) is 7.38. The van der Waals surface area contributed by atoms with E-state index >= 15 is 0 Å². The molecule has 1 aromatic carbocycles. The molecule has 7 nitrogen and oxygen atoms in total. The van der Waals surface area contributed by atoms with Gasteiger partial charge in [0.1, 0.15) is 6.33 Å². The van der Waals surface area contributed by atoms with Crippen LogP contribution in [0.1, 0.15) is 32.1 Å². The zero-order chi connectivity index (χ0) is 17.8. The van der Waals surface area contributed by atoms with Gasteiger partial charge in [-0.25, -0.2) is 14.8 Å². The van der Waals surface area contributed by atoms with Crippen LogP contribution >= 0.6 is 0 Å². The number of aliphatic imine (C=N–C) groups is 1. The van der Waals surface area contributed by atoms with Crippen LogP contribution in [0.4, 0.5) is 10.5 Å². The fourth-order valence-electron chi connectivity index (χ4n) is 3.27. The van der Waals surface area contributed by atoms with Crippen LogP contribution in [0.5, 0.6) is 0 Å². The maximum absolute atomic E-state index is 12.7. The first kappa shape index (κ1) is 17.0. The van der Waals surface area contributed by atoms with Gasteiger partial charge in [-0.2, -0.15) is 0 Å². The molecule has 2 aromatic rings. The van der Waals surface area contributed by atoms with E-state index in [2.05, 4.69) is 9.98 Å². The van der Waals surface area contributed by atoms with E-state index in [1.54, 1.807) is 12.5 Å². The minimum atomic E-state index is -0.0500. The summed E-state index contributed by atoms with van der Waals surface area (Å²) in [5.41, 5.74) is 13.1. The number of benzene rings is 1. The van der Waals surface area contributed by atoms with E-state index in [4.69, 9.17) is 11.5 Å². The van der Waals surface area contributed by atoms with Crippen LogP contribution in [0.25, 0.3) is 11.3 Å². The van der Waals surface area contributed by atoms with Gasteiger partial charge in [0, 0.05) is 24.8 Å². The van der Waals surface area contributed by atoms with Crippen LogP contribution in [0.3, 0.4) is 0 Å². The normalized spacial score (nSPS) is 14.9. The minimum absolute atomic E-state index is 0.00645. The molecule has 0 unspecified atom stereocenters. The Morgan fingerprint density at radius 1 is 1.28 bits per heavy atom. The Morgan fingerprint density at radius 3 is 2.76 bits per heavy atom. The van der Waals surface area contributed by atoms with Crippen molar-refractivity contribution in [2.24, 2.45) is 16.5 Å². The van der Waals surface area contributed by atoms with Gasteiger partial charge in [0.2, 0.25) is 0 Å². The number of hydrogen-bond donors (Lipinski definition) is 2. The Labute approximate surface area is 147 Å². The first-order valence-electron chi connectivity index (χ1n) is 8.56. The summed E-state index contributed by atoms with van der Waals surface area (Å²) in [4.78, 5) is 22.9. The first-order chi connectivity index (χ1) is 12.0. The summed E-state index contributed by atoms with van der Waals surface area (Å²) >= 11 is 0. The van der Waals surface area contributed by atoms with E-state index in [0.717, 1.165) is 18.4 Å².